The monoisotopic (exact) mass is 1170 g/mol. The Hall–Kier alpha value is -7.80. The van der Waals surface area contributed by atoms with E-state index in [9.17, 15) is 0 Å². The van der Waals surface area contributed by atoms with E-state index in [1.54, 1.807) is 0 Å². The second kappa shape index (κ2) is 33.5. The number of aryl methyl sites for hydroxylation is 24. The van der Waals surface area contributed by atoms with Crippen LogP contribution in [-0.2, 0) is 0 Å². The summed E-state index contributed by atoms with van der Waals surface area (Å²) in [4.78, 5) is 0. The molecule has 0 spiro atoms. The van der Waals surface area contributed by atoms with E-state index in [2.05, 4.69) is 352 Å². The zero-order chi connectivity index (χ0) is 66.0. The topological polar surface area (TPSA) is 0 Å². The van der Waals surface area contributed by atoms with Crippen LogP contribution in [0.3, 0.4) is 0 Å². The van der Waals surface area contributed by atoms with Gasteiger partial charge in [0, 0.05) is 0 Å². The molecule has 462 valence electrons. The Labute approximate surface area is 536 Å². The number of benzene rings is 11. The first-order valence-corrected chi connectivity index (χ1v) is 31.8. The average molecular weight is 1170 g/mol. The van der Waals surface area contributed by atoms with Gasteiger partial charge in [0.2, 0.25) is 0 Å². The Bertz CT molecular complexity index is 3830. The van der Waals surface area contributed by atoms with E-state index >= 15 is 0 Å². The minimum absolute atomic E-state index is 1.33. The van der Waals surface area contributed by atoms with Crippen LogP contribution < -0.4 is 0 Å². The van der Waals surface area contributed by atoms with Crippen molar-refractivity contribution in [1.82, 2.24) is 0 Å². The van der Waals surface area contributed by atoms with E-state index < -0.39 is 0 Å². The van der Waals surface area contributed by atoms with Crippen LogP contribution in [0.25, 0.3) is 32.3 Å². The maximum absolute atomic E-state index is 2.24. The smallest absolute Gasteiger partial charge is 0.0149 e. The highest BCUT2D eigenvalue weighted by atomic mass is 14.1. The van der Waals surface area contributed by atoms with Crippen molar-refractivity contribution in [3.05, 3.63) is 314 Å². The summed E-state index contributed by atoms with van der Waals surface area (Å²) in [6.45, 7) is 60.4. The molecule has 0 atom stereocenters. The Morgan fingerprint density at radius 1 is 0.125 bits per heavy atom. The van der Waals surface area contributed by atoms with Gasteiger partial charge in [0.15, 0.2) is 0 Å². The molecule has 0 unspecified atom stereocenters. The van der Waals surface area contributed by atoms with Crippen molar-refractivity contribution >= 4 is 32.3 Å². The highest BCUT2D eigenvalue weighted by molar-refractivity contribution is 5.90. The van der Waals surface area contributed by atoms with Crippen LogP contribution in [0.1, 0.15) is 156 Å². The predicted molar refractivity (Wildman–Crippen MR) is 397 cm³/mol. The average Bonchev–Trinajstić information content (AvgIpc) is 2.44. The number of hydrogen-bond acceptors (Lipinski definition) is 0. The summed E-state index contributed by atoms with van der Waals surface area (Å²) in [7, 11) is 0. The van der Waals surface area contributed by atoms with Gasteiger partial charge in [0.1, 0.15) is 0 Å². The van der Waals surface area contributed by atoms with E-state index in [1.165, 1.54) is 188 Å². The van der Waals surface area contributed by atoms with Gasteiger partial charge in [0.05, 0.1) is 0 Å². The lowest BCUT2D eigenvalue weighted by atomic mass is 9.95. The summed E-state index contributed by atoms with van der Waals surface area (Å²) >= 11 is 0. The van der Waals surface area contributed by atoms with Crippen LogP contribution in [0.2, 0.25) is 0 Å². The molecule has 0 bridgehead atoms. The molecule has 0 fully saturated rings. The van der Waals surface area contributed by atoms with E-state index in [4.69, 9.17) is 0 Å². The standard InChI is InChI=1S/C14H16.2C13H14.3C10H14.2C9H12/c1-9-5-7-14-12(4)10(2)6-8-13(14)11(9)3;2*1-9-4-7-13-11(3)10(2)5-6-12(13)8-9;2*1-7-5-8(2)10(4)9(3)6-7;1-7-5-6-8(2)10(4)9(7)3;2*1-7-4-5-8(2)9(3)6-7/h5-8H,1-4H3;2*4-8H,1-3H3;3*5-6H,1-4H3;2*4-6H,1-3H3. The van der Waals surface area contributed by atoms with Crippen LogP contribution in [0.5, 0.6) is 0 Å². The molecule has 0 aliphatic heterocycles. The van der Waals surface area contributed by atoms with Crippen LogP contribution in [0.4, 0.5) is 0 Å². The molecule has 0 nitrogen and oxygen atoms in total. The molecule has 0 N–H and O–H groups in total. The molecule has 0 saturated heterocycles. The van der Waals surface area contributed by atoms with Crippen molar-refractivity contribution < 1.29 is 0 Å². The summed E-state index contributed by atoms with van der Waals surface area (Å²) in [6.07, 6.45) is 0. The van der Waals surface area contributed by atoms with Gasteiger partial charge in [-0.2, -0.15) is 0 Å². The Kier molecular flexibility index (Phi) is 27.7. The van der Waals surface area contributed by atoms with Crippen LogP contribution in [0, 0.1) is 194 Å². The quantitative estimate of drug-likeness (QED) is 0.142. The minimum Gasteiger partial charge on any atom is -0.0590 e. The second-order valence-corrected chi connectivity index (χ2v) is 25.7. The lowest BCUT2D eigenvalue weighted by Crippen LogP contribution is -1.88. The van der Waals surface area contributed by atoms with Crippen LogP contribution in [0.15, 0.2) is 158 Å². The number of fused-ring (bicyclic) bond motifs is 3. The number of hydrogen-bond donors (Lipinski definition) is 0. The molecule has 0 heteroatoms. The highest BCUT2D eigenvalue weighted by Gasteiger charge is 2.05. The molecular formula is C88H110. The molecule has 0 radical (unpaired) electrons. The second-order valence-electron chi connectivity index (χ2n) is 25.7. The first-order valence-electron chi connectivity index (χ1n) is 31.8. The molecule has 0 aromatic heterocycles. The normalized spacial score (nSPS) is 10.3. The maximum atomic E-state index is 2.24. The van der Waals surface area contributed by atoms with Crippen LogP contribution >= 0.6 is 0 Å². The largest absolute Gasteiger partial charge is 0.0590 e. The molecule has 11 aromatic carbocycles. The molecule has 0 saturated carbocycles. The fourth-order valence-electron chi connectivity index (χ4n) is 10.7. The van der Waals surface area contributed by atoms with E-state index in [-0.39, 0.29) is 0 Å². The van der Waals surface area contributed by atoms with Gasteiger partial charge in [-0.3, -0.25) is 0 Å². The van der Waals surface area contributed by atoms with Gasteiger partial charge >= 0.3 is 0 Å². The van der Waals surface area contributed by atoms with Gasteiger partial charge in [-0.1, -0.05) is 191 Å². The predicted octanol–water partition coefficient (Wildman–Crippen LogP) is 25.6. The zero-order valence-corrected chi connectivity index (χ0v) is 60.0. The summed E-state index contributed by atoms with van der Waals surface area (Å²) in [5.74, 6) is 0. The zero-order valence-electron chi connectivity index (χ0n) is 60.0. The first-order chi connectivity index (χ1) is 41.2. The van der Waals surface area contributed by atoms with Gasteiger partial charge < -0.3 is 0 Å². The van der Waals surface area contributed by atoms with Crippen molar-refractivity contribution in [2.45, 2.75) is 194 Å². The Balaban J connectivity index is 0.000000216. The van der Waals surface area contributed by atoms with Crippen molar-refractivity contribution in [1.29, 1.82) is 0 Å². The molecule has 11 rings (SSSR count). The van der Waals surface area contributed by atoms with E-state index in [1.807, 2.05) is 0 Å². The van der Waals surface area contributed by atoms with Crippen molar-refractivity contribution in [2.75, 3.05) is 0 Å². The number of rotatable bonds is 0. The fourth-order valence-corrected chi connectivity index (χ4v) is 10.7. The maximum Gasteiger partial charge on any atom is -0.0149 e. The first kappa shape index (κ1) is 72.7. The third kappa shape index (κ3) is 20.9. The molecule has 88 heavy (non-hydrogen) atoms. The van der Waals surface area contributed by atoms with Gasteiger partial charge in [-0.25, -0.2) is 0 Å². The van der Waals surface area contributed by atoms with E-state index in [0.717, 1.165) is 0 Å². The Morgan fingerprint density at radius 3 is 0.614 bits per heavy atom. The summed E-state index contributed by atoms with van der Waals surface area (Å²) in [5.41, 5.74) is 38.8. The van der Waals surface area contributed by atoms with Crippen molar-refractivity contribution in [3.63, 3.8) is 0 Å². The molecular weight excluding hydrogens is 1060 g/mol. The summed E-state index contributed by atoms with van der Waals surface area (Å²) in [5, 5.41) is 8.25. The third-order valence-electron chi connectivity index (χ3n) is 18.5. The molecule has 0 heterocycles. The molecule has 0 amide bonds. The Morgan fingerprint density at radius 2 is 0.330 bits per heavy atom. The van der Waals surface area contributed by atoms with Gasteiger partial charge in [-0.15, -0.1) is 0 Å². The molecule has 0 aliphatic carbocycles. The van der Waals surface area contributed by atoms with Crippen molar-refractivity contribution in [2.24, 2.45) is 0 Å². The lowest BCUT2D eigenvalue weighted by molar-refractivity contribution is 1.22. The van der Waals surface area contributed by atoms with Gasteiger partial charge in [0.25, 0.3) is 0 Å². The molecule has 11 aromatic rings. The lowest BCUT2D eigenvalue weighted by Gasteiger charge is -2.09. The van der Waals surface area contributed by atoms with Crippen molar-refractivity contribution in [3.8, 4) is 0 Å². The fraction of sp³-hybridized carbons (Fsp3) is 0.318. The van der Waals surface area contributed by atoms with Crippen LogP contribution in [-0.4, -0.2) is 0 Å². The SMILES string of the molecule is Cc1cc(C)c(C)c(C)c1.Cc1cc(C)c(C)c(C)c1.Cc1ccc(C)c(C)c1.Cc1ccc(C)c(C)c1.Cc1ccc(C)c(C)c1C.Cc1ccc2c(C)c(C)ccc2c1.Cc1ccc2c(C)c(C)ccc2c1.Cc1ccc2c(C)c(C)ccc2c1C. The summed E-state index contributed by atoms with van der Waals surface area (Å²) in [6, 6.07) is 57.2. The highest BCUT2D eigenvalue weighted by Crippen LogP contribution is 2.27. The van der Waals surface area contributed by atoms with Gasteiger partial charge in [-0.05, 0) is 349 Å². The van der Waals surface area contributed by atoms with E-state index in [0.29, 0.717) is 0 Å². The summed E-state index contributed by atoms with van der Waals surface area (Å²) < 4.78 is 0. The molecule has 0 aliphatic rings. The third-order valence-corrected chi connectivity index (χ3v) is 18.5. The minimum atomic E-state index is 1.33.